The summed E-state index contributed by atoms with van der Waals surface area (Å²) in [5.41, 5.74) is 4.13. The zero-order valence-corrected chi connectivity index (χ0v) is 12.2. The average Bonchev–Trinajstić information content (AvgIpc) is 2.28. The van der Waals surface area contributed by atoms with E-state index in [1.807, 2.05) is 0 Å². The quantitative estimate of drug-likeness (QED) is 0.819. The topological polar surface area (TPSA) is 15.3 Å². The molecule has 1 saturated heterocycles. The molecule has 1 heterocycles. The van der Waals surface area contributed by atoms with Gasteiger partial charge in [-0.3, -0.25) is 0 Å². The first-order chi connectivity index (χ1) is 8.54. The van der Waals surface area contributed by atoms with E-state index in [0.717, 1.165) is 19.6 Å². The van der Waals surface area contributed by atoms with Gasteiger partial charge >= 0.3 is 0 Å². The van der Waals surface area contributed by atoms with Gasteiger partial charge in [-0.1, -0.05) is 13.0 Å². The van der Waals surface area contributed by atoms with Gasteiger partial charge in [0.1, 0.15) is 0 Å². The summed E-state index contributed by atoms with van der Waals surface area (Å²) in [6, 6.07) is 7.51. The standard InChI is InChI=1S/C16H26N2/c1-12-7-13(2)9-16(8-12)18-6-5-15(4)17-10-14(3)11-18/h7-9,14-15,17H,5-6,10-11H2,1-4H3. The highest BCUT2D eigenvalue weighted by Crippen LogP contribution is 2.21. The smallest absolute Gasteiger partial charge is 0.0371 e. The monoisotopic (exact) mass is 246 g/mol. The molecule has 0 radical (unpaired) electrons. The van der Waals surface area contributed by atoms with Gasteiger partial charge in [0.15, 0.2) is 0 Å². The van der Waals surface area contributed by atoms with Crippen molar-refractivity contribution in [2.75, 3.05) is 24.5 Å². The van der Waals surface area contributed by atoms with Crippen molar-refractivity contribution < 1.29 is 0 Å². The van der Waals surface area contributed by atoms with Gasteiger partial charge in [0.05, 0.1) is 0 Å². The number of hydrogen-bond acceptors (Lipinski definition) is 2. The molecule has 2 heteroatoms. The van der Waals surface area contributed by atoms with Gasteiger partial charge in [-0.2, -0.15) is 0 Å². The molecular formula is C16H26N2. The maximum atomic E-state index is 3.60. The largest absolute Gasteiger partial charge is 0.371 e. The van der Waals surface area contributed by atoms with Crippen LogP contribution in [0.1, 0.15) is 31.4 Å². The van der Waals surface area contributed by atoms with E-state index in [1.165, 1.54) is 23.2 Å². The van der Waals surface area contributed by atoms with E-state index in [4.69, 9.17) is 0 Å². The predicted molar refractivity (Wildman–Crippen MR) is 79.4 cm³/mol. The molecule has 1 aliphatic heterocycles. The summed E-state index contributed by atoms with van der Waals surface area (Å²) in [5, 5.41) is 3.60. The number of anilines is 1. The van der Waals surface area contributed by atoms with Crippen molar-refractivity contribution in [3.8, 4) is 0 Å². The van der Waals surface area contributed by atoms with Crippen LogP contribution in [0.3, 0.4) is 0 Å². The van der Waals surface area contributed by atoms with Crippen molar-refractivity contribution in [1.82, 2.24) is 5.32 Å². The molecule has 0 spiro atoms. The van der Waals surface area contributed by atoms with E-state index in [2.05, 4.69) is 56.1 Å². The lowest BCUT2D eigenvalue weighted by Crippen LogP contribution is -2.42. The number of aryl methyl sites for hydroxylation is 2. The maximum absolute atomic E-state index is 3.60. The summed E-state index contributed by atoms with van der Waals surface area (Å²) in [5.74, 6) is 0.702. The van der Waals surface area contributed by atoms with Gasteiger partial charge < -0.3 is 10.2 Å². The molecule has 2 rings (SSSR count). The number of nitrogens with one attached hydrogen (secondary N) is 1. The van der Waals surface area contributed by atoms with E-state index in [0.29, 0.717) is 12.0 Å². The van der Waals surface area contributed by atoms with Gasteiger partial charge in [-0.15, -0.1) is 0 Å². The van der Waals surface area contributed by atoms with Crippen LogP contribution < -0.4 is 10.2 Å². The third kappa shape index (κ3) is 3.49. The lowest BCUT2D eigenvalue weighted by Gasteiger charge is -2.33. The zero-order valence-electron chi connectivity index (χ0n) is 12.2. The fraction of sp³-hybridized carbons (Fsp3) is 0.625. The Morgan fingerprint density at radius 2 is 1.78 bits per heavy atom. The molecule has 0 bridgehead atoms. The molecule has 1 aliphatic rings. The third-order valence-electron chi connectivity index (χ3n) is 3.75. The van der Waals surface area contributed by atoms with Crippen LogP contribution in [0.4, 0.5) is 5.69 Å². The molecule has 2 atom stereocenters. The SMILES string of the molecule is Cc1cc(C)cc(N2CCC(C)NCC(C)C2)c1. The zero-order chi connectivity index (χ0) is 13.1. The van der Waals surface area contributed by atoms with E-state index in [9.17, 15) is 0 Å². The number of benzene rings is 1. The van der Waals surface area contributed by atoms with Gasteiger partial charge in [0.2, 0.25) is 0 Å². The highest BCUT2D eigenvalue weighted by atomic mass is 15.1. The summed E-state index contributed by atoms with van der Waals surface area (Å²) in [4.78, 5) is 2.56. The van der Waals surface area contributed by atoms with E-state index < -0.39 is 0 Å². The van der Waals surface area contributed by atoms with Crippen LogP contribution in [0.2, 0.25) is 0 Å². The van der Waals surface area contributed by atoms with Crippen LogP contribution in [0.25, 0.3) is 0 Å². The Bertz CT molecular complexity index is 380. The molecule has 0 aliphatic carbocycles. The van der Waals surface area contributed by atoms with Crippen molar-refractivity contribution in [3.63, 3.8) is 0 Å². The number of rotatable bonds is 1. The Labute approximate surface area is 111 Å². The fourth-order valence-corrected chi connectivity index (χ4v) is 2.75. The highest BCUT2D eigenvalue weighted by molar-refractivity contribution is 5.51. The van der Waals surface area contributed by atoms with E-state index in [-0.39, 0.29) is 0 Å². The van der Waals surface area contributed by atoms with Gasteiger partial charge in [0, 0.05) is 24.8 Å². The molecule has 1 N–H and O–H groups in total. The van der Waals surface area contributed by atoms with Crippen molar-refractivity contribution in [3.05, 3.63) is 29.3 Å². The Balaban J connectivity index is 2.18. The summed E-state index contributed by atoms with van der Waals surface area (Å²) in [6.45, 7) is 12.4. The summed E-state index contributed by atoms with van der Waals surface area (Å²) in [6.07, 6.45) is 1.22. The van der Waals surface area contributed by atoms with Crippen LogP contribution in [0.15, 0.2) is 18.2 Å². The van der Waals surface area contributed by atoms with Crippen LogP contribution in [-0.4, -0.2) is 25.7 Å². The van der Waals surface area contributed by atoms with Crippen molar-refractivity contribution in [2.24, 2.45) is 5.92 Å². The second kappa shape index (κ2) is 5.75. The Hall–Kier alpha value is -1.02. The minimum Gasteiger partial charge on any atom is -0.371 e. The molecule has 0 aromatic heterocycles. The van der Waals surface area contributed by atoms with Gasteiger partial charge in [-0.05, 0) is 62.9 Å². The minimum absolute atomic E-state index is 0.626. The van der Waals surface area contributed by atoms with Gasteiger partial charge in [0.25, 0.3) is 0 Å². The lowest BCUT2D eigenvalue weighted by molar-refractivity contribution is 0.411. The summed E-state index contributed by atoms with van der Waals surface area (Å²) in [7, 11) is 0. The van der Waals surface area contributed by atoms with Crippen LogP contribution >= 0.6 is 0 Å². The minimum atomic E-state index is 0.626. The second-order valence-corrected chi connectivity index (χ2v) is 6.00. The van der Waals surface area contributed by atoms with Crippen LogP contribution in [0, 0.1) is 19.8 Å². The Morgan fingerprint density at radius 1 is 1.11 bits per heavy atom. The molecule has 100 valence electrons. The van der Waals surface area contributed by atoms with Crippen molar-refractivity contribution in [2.45, 2.75) is 40.2 Å². The number of hydrogen-bond donors (Lipinski definition) is 1. The van der Waals surface area contributed by atoms with Crippen LogP contribution in [0.5, 0.6) is 0 Å². The first-order valence-corrected chi connectivity index (χ1v) is 7.11. The Kier molecular flexibility index (Phi) is 4.28. The normalized spacial score (nSPS) is 25.7. The first kappa shape index (κ1) is 13.4. The Morgan fingerprint density at radius 3 is 2.44 bits per heavy atom. The fourth-order valence-electron chi connectivity index (χ4n) is 2.75. The molecular weight excluding hydrogens is 220 g/mol. The lowest BCUT2D eigenvalue weighted by atomic mass is 10.0. The summed E-state index contributed by atoms with van der Waals surface area (Å²) >= 11 is 0. The molecule has 18 heavy (non-hydrogen) atoms. The third-order valence-corrected chi connectivity index (χ3v) is 3.75. The molecule has 1 aromatic carbocycles. The van der Waals surface area contributed by atoms with E-state index >= 15 is 0 Å². The van der Waals surface area contributed by atoms with Crippen molar-refractivity contribution in [1.29, 1.82) is 0 Å². The molecule has 1 fully saturated rings. The maximum Gasteiger partial charge on any atom is 0.0371 e. The molecule has 0 saturated carbocycles. The number of nitrogens with zero attached hydrogens (tertiary/aromatic N) is 1. The summed E-state index contributed by atoms with van der Waals surface area (Å²) < 4.78 is 0. The first-order valence-electron chi connectivity index (χ1n) is 7.11. The van der Waals surface area contributed by atoms with Gasteiger partial charge in [-0.25, -0.2) is 0 Å². The van der Waals surface area contributed by atoms with E-state index in [1.54, 1.807) is 0 Å². The molecule has 0 amide bonds. The highest BCUT2D eigenvalue weighted by Gasteiger charge is 2.17. The second-order valence-electron chi connectivity index (χ2n) is 6.00. The molecule has 1 aromatic rings. The van der Waals surface area contributed by atoms with Crippen LogP contribution in [-0.2, 0) is 0 Å². The molecule has 2 nitrogen and oxygen atoms in total. The predicted octanol–water partition coefficient (Wildman–Crippen LogP) is 3.13. The average molecular weight is 246 g/mol. The molecule has 2 unspecified atom stereocenters. The van der Waals surface area contributed by atoms with Crippen molar-refractivity contribution >= 4 is 5.69 Å².